The molecule has 100 heavy (non-hydrogen) atoms. The number of amides is 3. The summed E-state index contributed by atoms with van der Waals surface area (Å²) < 4.78 is 59.4. The number of sulfonamides is 2. The first kappa shape index (κ1) is 77.6. The molecule has 4 saturated carbocycles. The standard InChI is InChI=1S/C36H46ClN3O8S.C33H41ClN2O7.C3H7NO2S.CH4/c1-34(2,3)47-31(42)17-24-10-7-5-4-6-8-12-25-18-36(25,33(44)39-49(45,46)27-14-15-27)21-30(41)29-20-35(22-40(29)32(24)43)19-28(38-48-35)23-11-9-13-26(37)16-23;1-31(2,3)42-28(38)15-22-10-7-5-4-6-8-12-23-16-33(23,30(40)41)19-27(37)26-18-32(20-36(26)29(22)39)17-25(35-43-32)21-11-9-13-24(34)14-21;4-7(5,6)3-1-2-3;/h8-9,11-13,16,24-25,27,29H,4-7,10,14-15,17-22H2,1-3H3,(H,39,44);8-9,11-14,22-23,26H,4-7,10,15-20H2,1-3H3,(H,40,41);3H,1-2H2,(H2,4,5,6);1H4/b2*12-8-;;/t24-,25-,29+,35-,36-;22-,23-,26+,32-,33-;;/m11../s1. The van der Waals surface area contributed by atoms with Crippen LogP contribution < -0.4 is 9.86 Å². The van der Waals surface area contributed by atoms with Gasteiger partial charge >= 0.3 is 17.9 Å². The van der Waals surface area contributed by atoms with Crippen molar-refractivity contribution in [2.75, 3.05) is 13.1 Å². The van der Waals surface area contributed by atoms with Crippen molar-refractivity contribution in [2.45, 2.75) is 248 Å². The van der Waals surface area contributed by atoms with Crippen LogP contribution in [0.1, 0.15) is 214 Å². The second kappa shape index (κ2) is 30.8. The highest BCUT2D eigenvalue weighted by atomic mass is 35.5. The van der Waals surface area contributed by atoms with Crippen LogP contribution in [0.15, 0.2) is 83.1 Å². The number of nitrogens with two attached hydrogens (primary N) is 1. The van der Waals surface area contributed by atoms with E-state index in [1.54, 1.807) is 65.8 Å². The highest BCUT2D eigenvalue weighted by molar-refractivity contribution is 7.91. The van der Waals surface area contributed by atoms with Crippen molar-refractivity contribution in [1.82, 2.24) is 14.5 Å². The molecule has 6 heterocycles. The number of ether oxygens (including phenoxy) is 2. The average molecular weight is 1470 g/mol. The molecule has 2 aromatic rings. The van der Waals surface area contributed by atoms with Gasteiger partial charge < -0.3 is 34.1 Å². The van der Waals surface area contributed by atoms with E-state index in [0.717, 1.165) is 68.9 Å². The molecule has 6 aliphatic heterocycles. The van der Waals surface area contributed by atoms with Crippen molar-refractivity contribution in [1.29, 1.82) is 0 Å². The molecule has 12 rings (SSSR count). The van der Waals surface area contributed by atoms with Gasteiger partial charge in [0.15, 0.2) is 22.8 Å². The lowest BCUT2D eigenvalue weighted by atomic mass is 9.87. The third-order valence-corrected chi connectivity index (χ3v) is 24.1. The molecule has 2 spiro atoms. The third kappa shape index (κ3) is 19.4. The molecule has 4 N–H and O–H groups in total. The SMILES string of the molecule is C.CC(C)(C)OC(=O)C[C@H]1CCCCC/C=C\[C@@H]2C[C@@]2(C(=O)NS(=O)(=O)C2CC2)CC(=O)[C@@H]2C[C@]3(CC(c4cccc(Cl)c4)=NO3)CN2C1=O.CC(C)(C)OC(=O)C[C@H]1CCCCC/C=C\[C@@H]2C[C@@]2(C(=O)O)CC(=O)[C@@H]2C[C@]3(CC(c4cccc(Cl)c4)=NO3)CN2C1=O.NS(=O)(=O)C1CC1. The van der Waals surface area contributed by atoms with E-state index in [9.17, 15) is 60.3 Å². The van der Waals surface area contributed by atoms with Crippen molar-refractivity contribution in [2.24, 2.45) is 50.0 Å². The van der Waals surface area contributed by atoms with Gasteiger partial charge in [-0.25, -0.2) is 22.0 Å². The number of hydrogen-bond acceptors (Lipinski definition) is 18. The Hall–Kier alpha value is -6.54. The van der Waals surface area contributed by atoms with Gasteiger partial charge in [0.25, 0.3) is 0 Å². The van der Waals surface area contributed by atoms with Gasteiger partial charge in [0.1, 0.15) is 11.2 Å². The first-order chi connectivity index (χ1) is 46.5. The Kier molecular flexibility index (Phi) is 23.9. The average Bonchev–Trinajstić information content (AvgIpc) is 1.68. The van der Waals surface area contributed by atoms with Gasteiger partial charge in [-0.05, 0) is 155 Å². The van der Waals surface area contributed by atoms with Crippen LogP contribution >= 0.6 is 23.2 Å². The molecular formula is C73H98Cl2N6O17S2. The molecule has 0 aromatic heterocycles. The second-order valence-electron chi connectivity index (χ2n) is 31.0. The summed E-state index contributed by atoms with van der Waals surface area (Å²) in [5, 5.41) is 23.9. The molecule has 0 bridgehead atoms. The number of fused-ring (bicyclic) bond motifs is 4. The monoisotopic (exact) mass is 1460 g/mol. The normalized spacial score (nSPS) is 30.8. The van der Waals surface area contributed by atoms with Crippen molar-refractivity contribution in [3.8, 4) is 0 Å². The van der Waals surface area contributed by atoms with E-state index < -0.39 is 106 Å². The van der Waals surface area contributed by atoms with Gasteiger partial charge in [0, 0.05) is 71.5 Å². The van der Waals surface area contributed by atoms with E-state index in [-0.39, 0.29) is 99.5 Å². The zero-order valence-corrected chi connectivity index (χ0v) is 60.5. The Bertz CT molecular complexity index is 3840. The number of benzene rings is 2. The fourth-order valence-electron chi connectivity index (χ4n) is 14.6. The van der Waals surface area contributed by atoms with Gasteiger partial charge in [0.2, 0.25) is 37.8 Å². The van der Waals surface area contributed by atoms with Crippen LogP contribution in [0.3, 0.4) is 0 Å². The summed E-state index contributed by atoms with van der Waals surface area (Å²) in [7, 11) is -6.96. The Morgan fingerprint density at radius 3 is 1.42 bits per heavy atom. The molecule has 4 aliphatic carbocycles. The van der Waals surface area contributed by atoms with E-state index in [0.29, 0.717) is 79.3 Å². The number of carboxylic acids is 1. The molecule has 2 saturated heterocycles. The van der Waals surface area contributed by atoms with Crippen LogP contribution in [-0.4, -0.2) is 148 Å². The molecule has 10 aliphatic rings. The summed E-state index contributed by atoms with van der Waals surface area (Å²) in [5.74, 6) is -5.77. The predicted octanol–water partition coefficient (Wildman–Crippen LogP) is 11.0. The van der Waals surface area contributed by atoms with Crippen molar-refractivity contribution in [3.63, 3.8) is 0 Å². The number of nitrogens with zero attached hydrogens (tertiary/aromatic N) is 4. The molecule has 0 radical (unpaired) electrons. The van der Waals surface area contributed by atoms with Crippen LogP contribution in [0, 0.1) is 34.5 Å². The lowest BCUT2D eigenvalue weighted by Crippen LogP contribution is -2.47. The topological polar surface area (TPSA) is 331 Å². The van der Waals surface area contributed by atoms with Gasteiger partial charge in [-0.2, -0.15) is 0 Å². The zero-order chi connectivity index (χ0) is 71.7. The van der Waals surface area contributed by atoms with E-state index in [1.807, 2.05) is 48.6 Å². The van der Waals surface area contributed by atoms with E-state index in [2.05, 4.69) is 15.0 Å². The highest BCUT2D eigenvalue weighted by Gasteiger charge is 2.65. The Morgan fingerprint density at radius 1 is 0.610 bits per heavy atom. The Balaban J connectivity index is 0.000000212. The molecule has 6 fully saturated rings. The maximum atomic E-state index is 14.5. The molecule has 27 heteroatoms. The van der Waals surface area contributed by atoms with Crippen molar-refractivity contribution >= 4 is 102 Å². The number of nitrogens with one attached hydrogen (secondary N) is 1. The molecule has 10 atom stereocenters. The zero-order valence-electron chi connectivity index (χ0n) is 57.3. The van der Waals surface area contributed by atoms with Crippen LogP contribution in [-0.2, 0) is 77.6 Å². The summed E-state index contributed by atoms with van der Waals surface area (Å²) in [6.07, 6.45) is 18.9. The summed E-state index contributed by atoms with van der Waals surface area (Å²) in [5.41, 5.74) is -2.85. The first-order valence-corrected chi connectivity index (χ1v) is 38.7. The van der Waals surface area contributed by atoms with Crippen LogP contribution in [0.25, 0.3) is 0 Å². The number of Topliss-reactive ketones (excluding diaryl/α,β-unsaturated/α-hetero) is 2. The van der Waals surface area contributed by atoms with Crippen LogP contribution in [0.4, 0.5) is 0 Å². The fraction of sp³-hybridized carbons (Fsp3) is 0.644. The minimum Gasteiger partial charge on any atom is -0.481 e. The Morgan fingerprint density at radius 2 is 1.03 bits per heavy atom. The van der Waals surface area contributed by atoms with E-state index in [4.69, 9.17) is 47.5 Å². The van der Waals surface area contributed by atoms with E-state index in [1.165, 1.54) is 9.80 Å². The minimum absolute atomic E-state index is 0. The number of primary sulfonamides is 1. The molecule has 548 valence electrons. The van der Waals surface area contributed by atoms with Crippen molar-refractivity contribution < 1.29 is 79.4 Å². The van der Waals surface area contributed by atoms with Crippen LogP contribution in [0.5, 0.6) is 0 Å². The lowest BCUT2D eigenvalue weighted by Gasteiger charge is -2.29. The lowest BCUT2D eigenvalue weighted by molar-refractivity contribution is -0.159. The first-order valence-electron chi connectivity index (χ1n) is 34.8. The maximum absolute atomic E-state index is 14.5. The molecule has 0 unspecified atom stereocenters. The number of ketones is 2. The number of hydrogen-bond donors (Lipinski definition) is 3. The number of halogens is 2. The molecule has 23 nitrogen and oxygen atoms in total. The number of carbonyl (C=O) groups is 8. The number of allylic oxidation sites excluding steroid dienone is 4. The largest absolute Gasteiger partial charge is 0.481 e. The summed E-state index contributed by atoms with van der Waals surface area (Å²) in [6.45, 7) is 10.9. The molecule has 3 amide bonds. The predicted molar refractivity (Wildman–Crippen MR) is 376 cm³/mol. The minimum atomic E-state index is -3.83. The number of carboxylic acid groups (broad SMARTS) is 1. The van der Waals surface area contributed by atoms with Gasteiger partial charge in [0.05, 0.1) is 70.8 Å². The second-order valence-corrected chi connectivity index (χ2v) is 35.6. The van der Waals surface area contributed by atoms with E-state index >= 15 is 0 Å². The fourth-order valence-corrected chi connectivity index (χ4v) is 17.2. The van der Waals surface area contributed by atoms with Crippen molar-refractivity contribution in [3.05, 3.63) is 94.0 Å². The number of oxime groups is 2. The van der Waals surface area contributed by atoms with Gasteiger partial charge in [-0.1, -0.05) is 115 Å². The number of aliphatic carboxylic acids is 1. The summed E-state index contributed by atoms with van der Waals surface area (Å²) >= 11 is 12.5. The molecule has 2 aromatic carbocycles. The number of carbonyl (C=O) groups excluding carboxylic acids is 7. The quantitative estimate of drug-likeness (QED) is 0.139. The molecular weight excluding hydrogens is 1370 g/mol. The third-order valence-electron chi connectivity index (χ3n) is 20.4. The summed E-state index contributed by atoms with van der Waals surface area (Å²) in [6, 6.07) is 12.6. The van der Waals surface area contributed by atoms with Gasteiger partial charge in [-0.15, -0.1) is 0 Å². The number of rotatable bonds is 11. The summed E-state index contributed by atoms with van der Waals surface area (Å²) in [4.78, 5) is 124. The number of esters is 2. The Labute approximate surface area is 597 Å². The smallest absolute Gasteiger partial charge is 0.310 e. The highest BCUT2D eigenvalue weighted by Crippen LogP contribution is 2.59. The van der Waals surface area contributed by atoms with Gasteiger partial charge in [-0.3, -0.25) is 43.1 Å². The maximum Gasteiger partial charge on any atom is 0.310 e. The van der Waals surface area contributed by atoms with Crippen LogP contribution in [0.2, 0.25) is 10.0 Å².